The van der Waals surface area contributed by atoms with E-state index in [1.165, 1.54) is 0 Å². The molecule has 162 valence electrons. The molecule has 5 aromatic rings. The number of nitrogens with zero attached hydrogens (tertiary/aromatic N) is 1. The van der Waals surface area contributed by atoms with Gasteiger partial charge in [-0.15, -0.1) is 11.3 Å². The molecule has 4 aromatic carbocycles. The minimum absolute atomic E-state index is 0.217. The van der Waals surface area contributed by atoms with E-state index in [0.29, 0.717) is 5.69 Å². The van der Waals surface area contributed by atoms with Gasteiger partial charge in [-0.05, 0) is 29.8 Å². The van der Waals surface area contributed by atoms with Crippen molar-refractivity contribution in [3.05, 3.63) is 115 Å². The van der Waals surface area contributed by atoms with Crippen molar-refractivity contribution in [2.45, 2.75) is 4.90 Å². The summed E-state index contributed by atoms with van der Waals surface area (Å²) in [5.41, 5.74) is 4.20. The topological polar surface area (TPSA) is 59.1 Å². The lowest BCUT2D eigenvalue weighted by molar-refractivity contribution is 0.601. The Morgan fingerprint density at radius 2 is 1.18 bits per heavy atom. The third kappa shape index (κ3) is 4.44. The maximum absolute atomic E-state index is 13.0. The molecule has 0 radical (unpaired) electrons. The Hall–Kier alpha value is -3.74. The van der Waals surface area contributed by atoms with E-state index in [1.54, 1.807) is 47.7 Å². The molecular formula is C27H20N2O2S2. The predicted octanol–water partition coefficient (Wildman–Crippen LogP) is 6.94. The Bertz CT molecular complexity index is 1420. The van der Waals surface area contributed by atoms with E-state index in [1.807, 2.05) is 66.7 Å². The molecule has 0 amide bonds. The number of nitrogens with one attached hydrogen (secondary N) is 1. The van der Waals surface area contributed by atoms with E-state index in [4.69, 9.17) is 4.98 Å². The highest BCUT2D eigenvalue weighted by atomic mass is 32.2. The van der Waals surface area contributed by atoms with Gasteiger partial charge in [0.25, 0.3) is 10.0 Å². The number of thiazole rings is 1. The Balaban J connectivity index is 1.62. The van der Waals surface area contributed by atoms with Crippen molar-refractivity contribution in [3.63, 3.8) is 0 Å². The SMILES string of the molecule is O=S(=O)(Nc1ccccc1-c1nc(-c2ccccc2)c(-c2ccccc2)s1)c1ccccc1. The lowest BCUT2D eigenvalue weighted by atomic mass is 10.1. The van der Waals surface area contributed by atoms with Crippen molar-refractivity contribution in [3.8, 4) is 32.3 Å². The first kappa shape index (κ1) is 21.1. The molecule has 5 rings (SSSR count). The van der Waals surface area contributed by atoms with Crippen LogP contribution in [-0.4, -0.2) is 13.4 Å². The Morgan fingerprint density at radius 1 is 0.636 bits per heavy atom. The smallest absolute Gasteiger partial charge is 0.261 e. The van der Waals surface area contributed by atoms with Gasteiger partial charge >= 0.3 is 0 Å². The van der Waals surface area contributed by atoms with Crippen LogP contribution in [0.4, 0.5) is 5.69 Å². The highest BCUT2D eigenvalue weighted by molar-refractivity contribution is 7.92. The number of rotatable bonds is 6. The highest BCUT2D eigenvalue weighted by Gasteiger charge is 2.20. The molecule has 0 saturated carbocycles. The van der Waals surface area contributed by atoms with E-state index in [0.717, 1.165) is 32.3 Å². The quantitative estimate of drug-likeness (QED) is 0.293. The summed E-state index contributed by atoms with van der Waals surface area (Å²) in [7, 11) is -3.72. The van der Waals surface area contributed by atoms with Gasteiger partial charge in [0.2, 0.25) is 0 Å². The van der Waals surface area contributed by atoms with Gasteiger partial charge in [-0.3, -0.25) is 4.72 Å². The number of anilines is 1. The standard InChI is InChI=1S/C27H20N2O2S2/c30-33(31,22-16-8-3-9-17-22)29-24-19-11-10-18-23(24)27-28-25(20-12-4-1-5-13-20)26(32-27)21-14-6-2-7-15-21/h1-19,29H. The van der Waals surface area contributed by atoms with Gasteiger partial charge in [-0.1, -0.05) is 91.0 Å². The van der Waals surface area contributed by atoms with Crippen LogP contribution in [-0.2, 0) is 10.0 Å². The average molecular weight is 469 g/mol. The molecule has 0 unspecified atom stereocenters. The first-order valence-electron chi connectivity index (χ1n) is 10.4. The zero-order chi connectivity index (χ0) is 22.7. The summed E-state index contributed by atoms with van der Waals surface area (Å²) in [5.74, 6) is 0. The van der Waals surface area contributed by atoms with Crippen molar-refractivity contribution in [1.82, 2.24) is 4.98 Å². The summed E-state index contributed by atoms with van der Waals surface area (Å²) < 4.78 is 28.7. The second-order valence-corrected chi connectivity index (χ2v) is 10.1. The molecule has 1 aromatic heterocycles. The van der Waals surface area contributed by atoms with E-state index in [2.05, 4.69) is 16.9 Å². The van der Waals surface area contributed by atoms with Gasteiger partial charge < -0.3 is 0 Å². The van der Waals surface area contributed by atoms with E-state index in [-0.39, 0.29) is 4.90 Å². The molecular weight excluding hydrogens is 448 g/mol. The number of sulfonamides is 1. The summed E-state index contributed by atoms with van der Waals surface area (Å²) in [4.78, 5) is 6.23. The van der Waals surface area contributed by atoms with Gasteiger partial charge in [-0.2, -0.15) is 0 Å². The normalized spacial score (nSPS) is 11.3. The molecule has 0 atom stereocenters. The minimum Gasteiger partial charge on any atom is -0.279 e. The summed E-state index contributed by atoms with van der Waals surface area (Å²) in [6.07, 6.45) is 0. The molecule has 4 nitrogen and oxygen atoms in total. The van der Waals surface area contributed by atoms with Crippen LogP contribution in [0.2, 0.25) is 0 Å². The molecule has 1 heterocycles. The first-order chi connectivity index (χ1) is 16.1. The van der Waals surface area contributed by atoms with Crippen LogP contribution in [0.25, 0.3) is 32.3 Å². The molecule has 0 bridgehead atoms. The molecule has 0 spiro atoms. The lowest BCUT2D eigenvalue weighted by Gasteiger charge is -2.11. The minimum atomic E-state index is -3.72. The molecule has 0 saturated heterocycles. The summed E-state index contributed by atoms with van der Waals surface area (Å²) in [6, 6.07) is 35.9. The molecule has 33 heavy (non-hydrogen) atoms. The van der Waals surface area contributed by atoms with Crippen LogP contribution in [0.5, 0.6) is 0 Å². The zero-order valence-electron chi connectivity index (χ0n) is 17.5. The van der Waals surface area contributed by atoms with E-state index in [9.17, 15) is 8.42 Å². The Kier molecular flexibility index (Phi) is 5.77. The molecule has 1 N–H and O–H groups in total. The molecule has 0 aliphatic heterocycles. The van der Waals surface area contributed by atoms with Crippen molar-refractivity contribution in [1.29, 1.82) is 0 Å². The van der Waals surface area contributed by atoms with Crippen molar-refractivity contribution in [2.75, 3.05) is 4.72 Å². The van der Waals surface area contributed by atoms with Crippen molar-refractivity contribution >= 4 is 27.0 Å². The number of hydrogen-bond donors (Lipinski definition) is 1. The highest BCUT2D eigenvalue weighted by Crippen LogP contribution is 2.42. The van der Waals surface area contributed by atoms with Gasteiger partial charge in [0.15, 0.2) is 0 Å². The van der Waals surface area contributed by atoms with Crippen LogP contribution in [0.1, 0.15) is 0 Å². The van der Waals surface area contributed by atoms with Crippen molar-refractivity contribution < 1.29 is 8.42 Å². The Morgan fingerprint density at radius 3 is 1.85 bits per heavy atom. The first-order valence-corrected chi connectivity index (χ1v) is 12.7. The van der Waals surface area contributed by atoms with Gasteiger partial charge in [0, 0.05) is 11.1 Å². The molecule has 6 heteroatoms. The second-order valence-electron chi connectivity index (χ2n) is 7.39. The van der Waals surface area contributed by atoms with Crippen LogP contribution in [0.15, 0.2) is 120 Å². The van der Waals surface area contributed by atoms with Crippen molar-refractivity contribution in [2.24, 2.45) is 0 Å². The Labute approximate surface area is 197 Å². The molecule has 0 aliphatic rings. The molecule has 0 aliphatic carbocycles. The lowest BCUT2D eigenvalue weighted by Crippen LogP contribution is -2.13. The summed E-state index contributed by atoms with van der Waals surface area (Å²) in [6.45, 7) is 0. The maximum Gasteiger partial charge on any atom is 0.261 e. The summed E-state index contributed by atoms with van der Waals surface area (Å²) in [5, 5.41) is 0.749. The number of para-hydroxylation sites is 1. The third-order valence-electron chi connectivity index (χ3n) is 5.17. The zero-order valence-corrected chi connectivity index (χ0v) is 19.2. The summed E-state index contributed by atoms with van der Waals surface area (Å²) >= 11 is 1.55. The monoisotopic (exact) mass is 468 g/mol. The van der Waals surface area contributed by atoms with E-state index < -0.39 is 10.0 Å². The fourth-order valence-corrected chi connectivity index (χ4v) is 5.81. The molecule has 0 fully saturated rings. The van der Waals surface area contributed by atoms with Gasteiger partial charge in [-0.25, -0.2) is 13.4 Å². The number of hydrogen-bond acceptors (Lipinski definition) is 4. The average Bonchev–Trinajstić information content (AvgIpc) is 3.31. The fraction of sp³-hybridized carbons (Fsp3) is 0. The largest absolute Gasteiger partial charge is 0.279 e. The number of aromatic nitrogens is 1. The third-order valence-corrected chi connectivity index (χ3v) is 7.68. The van der Waals surface area contributed by atoms with Crippen LogP contribution >= 0.6 is 11.3 Å². The van der Waals surface area contributed by atoms with Crippen LogP contribution in [0, 0.1) is 0 Å². The predicted molar refractivity (Wildman–Crippen MR) is 136 cm³/mol. The maximum atomic E-state index is 13.0. The van der Waals surface area contributed by atoms with Crippen LogP contribution < -0.4 is 4.72 Å². The van der Waals surface area contributed by atoms with Gasteiger partial charge in [0.05, 0.1) is 21.2 Å². The van der Waals surface area contributed by atoms with E-state index >= 15 is 0 Å². The fourth-order valence-electron chi connectivity index (χ4n) is 3.57. The van der Waals surface area contributed by atoms with Crippen LogP contribution in [0.3, 0.4) is 0 Å². The number of benzene rings is 4. The second kappa shape index (κ2) is 9.02. The van der Waals surface area contributed by atoms with Gasteiger partial charge in [0.1, 0.15) is 5.01 Å².